The van der Waals surface area contributed by atoms with E-state index in [0.717, 1.165) is 10.2 Å². The molecule has 2 rings (SSSR count). The second kappa shape index (κ2) is 6.03. The summed E-state index contributed by atoms with van der Waals surface area (Å²) < 4.78 is 0.845. The smallest absolute Gasteiger partial charge is 0.171 e. The van der Waals surface area contributed by atoms with Gasteiger partial charge in [0.2, 0.25) is 0 Å². The Kier molecular flexibility index (Phi) is 4.65. The van der Waals surface area contributed by atoms with Crippen molar-refractivity contribution in [3.63, 3.8) is 0 Å². The van der Waals surface area contributed by atoms with Gasteiger partial charge >= 0.3 is 0 Å². The Morgan fingerprint density at radius 2 is 2.06 bits per heavy atom. The number of anilines is 1. The van der Waals surface area contributed by atoms with Gasteiger partial charge in [-0.15, -0.1) is 0 Å². The van der Waals surface area contributed by atoms with Gasteiger partial charge in [0.25, 0.3) is 0 Å². The van der Waals surface area contributed by atoms with Crippen molar-refractivity contribution in [1.82, 2.24) is 5.32 Å². The third-order valence-electron chi connectivity index (χ3n) is 2.89. The molecule has 0 atom stereocenters. The van der Waals surface area contributed by atoms with Crippen molar-refractivity contribution in [2.45, 2.75) is 31.7 Å². The third-order valence-corrected chi connectivity index (χ3v) is 4.51. The van der Waals surface area contributed by atoms with Gasteiger partial charge in [-0.1, -0.05) is 30.5 Å². The van der Waals surface area contributed by atoms with Gasteiger partial charge < -0.3 is 10.6 Å². The van der Waals surface area contributed by atoms with Gasteiger partial charge in [0.15, 0.2) is 5.11 Å². The summed E-state index contributed by atoms with van der Waals surface area (Å²) in [6.45, 7) is 0. The SMILES string of the molecule is S=C(Nc1cccc(Cl)c1Br)NC1CCCC1. The van der Waals surface area contributed by atoms with Crippen LogP contribution in [0.4, 0.5) is 5.69 Å². The Labute approximate surface area is 120 Å². The largest absolute Gasteiger partial charge is 0.360 e. The predicted molar refractivity (Wildman–Crippen MR) is 80.8 cm³/mol. The molecule has 5 heteroatoms. The highest BCUT2D eigenvalue weighted by Gasteiger charge is 2.15. The quantitative estimate of drug-likeness (QED) is 0.788. The third kappa shape index (κ3) is 3.57. The molecule has 0 aliphatic heterocycles. The van der Waals surface area contributed by atoms with Crippen LogP contribution in [0.1, 0.15) is 25.7 Å². The minimum absolute atomic E-state index is 0.521. The van der Waals surface area contributed by atoms with Crippen LogP contribution in [0, 0.1) is 0 Å². The van der Waals surface area contributed by atoms with Gasteiger partial charge in [0.05, 0.1) is 15.2 Å². The van der Waals surface area contributed by atoms with Gasteiger partial charge in [-0.05, 0) is 53.1 Å². The summed E-state index contributed by atoms with van der Waals surface area (Å²) in [7, 11) is 0. The molecule has 0 amide bonds. The summed E-state index contributed by atoms with van der Waals surface area (Å²) in [6, 6.07) is 6.20. The van der Waals surface area contributed by atoms with Crippen molar-refractivity contribution in [3.05, 3.63) is 27.7 Å². The van der Waals surface area contributed by atoms with E-state index in [4.69, 9.17) is 23.8 Å². The standard InChI is InChI=1S/C12H14BrClN2S/c13-11-9(14)6-3-7-10(11)16-12(17)15-8-4-1-2-5-8/h3,6-8H,1-2,4-5H2,(H2,15,16,17). The molecular formula is C12H14BrClN2S. The van der Waals surface area contributed by atoms with E-state index in [9.17, 15) is 0 Å². The second-order valence-corrected chi connectivity index (χ2v) is 5.79. The molecule has 1 aromatic rings. The molecule has 0 bridgehead atoms. The Morgan fingerprint density at radius 3 is 2.76 bits per heavy atom. The highest BCUT2D eigenvalue weighted by Crippen LogP contribution is 2.30. The van der Waals surface area contributed by atoms with Crippen LogP contribution in [0.5, 0.6) is 0 Å². The van der Waals surface area contributed by atoms with Gasteiger partial charge in [-0.3, -0.25) is 0 Å². The van der Waals surface area contributed by atoms with Crippen molar-refractivity contribution in [3.8, 4) is 0 Å². The van der Waals surface area contributed by atoms with Crippen molar-refractivity contribution in [2.24, 2.45) is 0 Å². The number of halogens is 2. The lowest BCUT2D eigenvalue weighted by molar-refractivity contribution is 0.634. The first-order chi connectivity index (χ1) is 8.16. The van der Waals surface area contributed by atoms with Gasteiger partial charge in [-0.2, -0.15) is 0 Å². The maximum atomic E-state index is 6.02. The number of rotatable bonds is 2. The Bertz CT molecular complexity index is 419. The number of nitrogens with one attached hydrogen (secondary N) is 2. The number of hydrogen-bond donors (Lipinski definition) is 2. The Morgan fingerprint density at radius 1 is 1.35 bits per heavy atom. The van der Waals surface area contributed by atoms with E-state index in [1.165, 1.54) is 25.7 Å². The molecule has 2 N–H and O–H groups in total. The van der Waals surface area contributed by atoms with Crippen LogP contribution in [0.25, 0.3) is 0 Å². The molecule has 2 nitrogen and oxygen atoms in total. The molecule has 1 aliphatic carbocycles. The fourth-order valence-electron chi connectivity index (χ4n) is 2.01. The number of benzene rings is 1. The van der Waals surface area contributed by atoms with E-state index in [2.05, 4.69) is 26.6 Å². The average Bonchev–Trinajstić information content (AvgIpc) is 2.77. The summed E-state index contributed by atoms with van der Waals surface area (Å²) in [5, 5.41) is 7.84. The molecule has 0 aromatic heterocycles. The first kappa shape index (κ1) is 13.1. The topological polar surface area (TPSA) is 24.1 Å². The zero-order chi connectivity index (χ0) is 12.3. The molecule has 92 valence electrons. The molecule has 1 saturated carbocycles. The minimum atomic E-state index is 0.521. The summed E-state index contributed by atoms with van der Waals surface area (Å²) >= 11 is 14.7. The highest BCUT2D eigenvalue weighted by molar-refractivity contribution is 9.10. The maximum Gasteiger partial charge on any atom is 0.171 e. The summed E-state index contributed by atoms with van der Waals surface area (Å²) in [4.78, 5) is 0. The van der Waals surface area contributed by atoms with E-state index in [-0.39, 0.29) is 0 Å². The lowest BCUT2D eigenvalue weighted by atomic mass is 10.2. The maximum absolute atomic E-state index is 6.02. The molecule has 1 aromatic carbocycles. The monoisotopic (exact) mass is 332 g/mol. The molecule has 1 aliphatic rings. The van der Waals surface area contributed by atoms with Crippen LogP contribution in [0.2, 0.25) is 5.02 Å². The van der Waals surface area contributed by atoms with E-state index >= 15 is 0 Å². The van der Waals surface area contributed by atoms with Gasteiger partial charge in [0.1, 0.15) is 0 Å². The van der Waals surface area contributed by atoms with Gasteiger partial charge in [0, 0.05) is 6.04 Å². The van der Waals surface area contributed by atoms with Crippen LogP contribution < -0.4 is 10.6 Å². The first-order valence-corrected chi connectivity index (χ1v) is 7.26. The van der Waals surface area contributed by atoms with Crippen molar-refractivity contribution in [2.75, 3.05) is 5.32 Å². The van der Waals surface area contributed by atoms with Crippen molar-refractivity contribution < 1.29 is 0 Å². The summed E-state index contributed by atoms with van der Waals surface area (Å²) in [6.07, 6.45) is 5.00. The second-order valence-electron chi connectivity index (χ2n) is 4.18. The summed E-state index contributed by atoms with van der Waals surface area (Å²) in [5.74, 6) is 0. The fourth-order valence-corrected chi connectivity index (χ4v) is 2.83. The molecule has 17 heavy (non-hydrogen) atoms. The van der Waals surface area contributed by atoms with Crippen LogP contribution in [-0.2, 0) is 0 Å². The summed E-state index contributed by atoms with van der Waals surface area (Å²) in [5.41, 5.74) is 0.896. The number of thiocarbonyl (C=S) groups is 1. The molecular weight excluding hydrogens is 320 g/mol. The minimum Gasteiger partial charge on any atom is -0.360 e. The zero-order valence-corrected chi connectivity index (χ0v) is 12.5. The van der Waals surface area contributed by atoms with Crippen LogP contribution >= 0.6 is 39.7 Å². The van der Waals surface area contributed by atoms with E-state index in [1.807, 2.05) is 18.2 Å². The highest BCUT2D eigenvalue weighted by atomic mass is 79.9. The molecule has 0 saturated heterocycles. The van der Waals surface area contributed by atoms with Crippen molar-refractivity contribution >= 4 is 50.5 Å². The predicted octanol–water partition coefficient (Wildman–Crippen LogP) is 4.33. The Balaban J connectivity index is 1.95. The molecule has 0 radical (unpaired) electrons. The van der Waals surface area contributed by atoms with Gasteiger partial charge in [-0.25, -0.2) is 0 Å². The fraction of sp³-hybridized carbons (Fsp3) is 0.417. The molecule has 0 unspecified atom stereocenters. The normalized spacial score (nSPS) is 15.9. The van der Waals surface area contributed by atoms with Crippen LogP contribution in [0.15, 0.2) is 22.7 Å². The molecule has 1 fully saturated rings. The van der Waals surface area contributed by atoms with Crippen LogP contribution in [0.3, 0.4) is 0 Å². The molecule has 0 heterocycles. The average molecular weight is 334 g/mol. The zero-order valence-electron chi connectivity index (χ0n) is 9.30. The Hall–Kier alpha value is -0.320. The van der Waals surface area contributed by atoms with E-state index in [1.54, 1.807) is 0 Å². The lowest BCUT2D eigenvalue weighted by Crippen LogP contribution is -2.36. The lowest BCUT2D eigenvalue weighted by Gasteiger charge is -2.16. The molecule has 0 spiro atoms. The number of hydrogen-bond acceptors (Lipinski definition) is 1. The van der Waals surface area contributed by atoms with Crippen molar-refractivity contribution in [1.29, 1.82) is 0 Å². The first-order valence-electron chi connectivity index (χ1n) is 5.68. The van der Waals surface area contributed by atoms with Crippen LogP contribution in [-0.4, -0.2) is 11.2 Å². The van der Waals surface area contributed by atoms with E-state index in [0.29, 0.717) is 16.2 Å². The van der Waals surface area contributed by atoms with E-state index < -0.39 is 0 Å².